The van der Waals surface area contributed by atoms with E-state index >= 15 is 0 Å². The monoisotopic (exact) mass is 1330 g/mol. The summed E-state index contributed by atoms with van der Waals surface area (Å²) in [5.41, 5.74) is 19.1. The molecule has 93 heavy (non-hydrogen) atoms. The Morgan fingerprint density at radius 2 is 0.344 bits per heavy atom. The molecule has 0 atom stereocenters. The minimum Gasteiger partial charge on any atom is -0.507 e. The summed E-state index contributed by atoms with van der Waals surface area (Å²) in [4.78, 5) is 0. The Morgan fingerprint density at radius 3 is 0.452 bits per heavy atom. The normalized spacial score (nSPS) is 10.9. The van der Waals surface area contributed by atoms with Crippen molar-refractivity contribution in [2.45, 2.75) is 237 Å². The molecule has 0 bridgehead atoms. The van der Waals surface area contributed by atoms with E-state index < -0.39 is 0 Å². The average Bonchev–Trinajstić information content (AvgIpc) is 4.05. The van der Waals surface area contributed by atoms with Gasteiger partial charge in [0.25, 0.3) is 0 Å². The molecule has 0 saturated carbocycles. The smallest absolute Gasteiger partial charge is 0.507 e. The Labute approximate surface area is 599 Å². The number of aromatic nitrogens is 4. The van der Waals surface area contributed by atoms with Crippen LogP contribution in [0.5, 0.6) is 11.5 Å². The van der Waals surface area contributed by atoms with Gasteiger partial charge in [0, 0.05) is 11.2 Å². The van der Waals surface area contributed by atoms with Crippen LogP contribution in [-0.2, 0) is 43.4 Å². The first-order valence-electron chi connectivity index (χ1n) is 32.2. The number of nitrogens with zero attached hydrogens (tertiary/aromatic N) is 6. The molecule has 2 heterocycles. The fourth-order valence-corrected chi connectivity index (χ4v) is 11.6. The molecule has 10 heteroatoms. The summed E-state index contributed by atoms with van der Waals surface area (Å²) < 4.78 is 7.86. The summed E-state index contributed by atoms with van der Waals surface area (Å²) in [6.07, 6.45) is 8.01. The molecule has 0 saturated heterocycles. The molecular formula is C83H123N6O2Ti2. The van der Waals surface area contributed by atoms with Gasteiger partial charge in [-0.1, -0.05) is 275 Å². The van der Waals surface area contributed by atoms with Crippen molar-refractivity contribution in [3.8, 4) is 34.2 Å². The van der Waals surface area contributed by atoms with Gasteiger partial charge in [-0.15, -0.1) is 0 Å². The van der Waals surface area contributed by atoms with Crippen LogP contribution in [-0.4, -0.2) is 28.5 Å². The maximum absolute atomic E-state index is 11.5. The molecule has 0 aliphatic carbocycles. The largest absolute Gasteiger partial charge is 4.00 e. The second-order valence-electron chi connectivity index (χ2n) is 27.2. The number of hydrogen-bond donors (Lipinski definition) is 2. The van der Waals surface area contributed by atoms with Crippen LogP contribution in [0.1, 0.15) is 304 Å². The number of benzene rings is 6. The number of rotatable bonds is 16. The molecular weight excluding hydrogens is 1210 g/mol. The third-order valence-corrected chi connectivity index (χ3v) is 16.6. The number of para-hydroxylation sites is 6. The Hall–Kier alpha value is -5.63. The molecule has 0 aliphatic rings. The second kappa shape index (κ2) is 40.7. The molecule has 0 amide bonds. The van der Waals surface area contributed by atoms with Gasteiger partial charge in [-0.3, -0.25) is 0 Å². The van der Waals surface area contributed by atoms with Crippen LogP contribution in [0.15, 0.2) is 134 Å². The van der Waals surface area contributed by atoms with Crippen LogP contribution >= 0.6 is 0 Å². The zero-order valence-electron chi connectivity index (χ0n) is 63.2. The quantitative estimate of drug-likeness (QED) is 0.0743. The number of aromatic hydroxyl groups is 2. The molecule has 2 N–H and O–H groups in total. The third-order valence-electron chi connectivity index (χ3n) is 16.6. The molecule has 0 aliphatic heterocycles. The molecule has 8 rings (SSSR count). The van der Waals surface area contributed by atoms with Gasteiger partial charge in [0.1, 0.15) is 11.5 Å². The van der Waals surface area contributed by atoms with Gasteiger partial charge in [0.05, 0.1) is 0 Å². The van der Waals surface area contributed by atoms with Gasteiger partial charge in [0.15, 0.2) is 0 Å². The maximum atomic E-state index is 11.5. The number of phenols is 2. The Bertz CT molecular complexity index is 3050. The van der Waals surface area contributed by atoms with Gasteiger partial charge in [-0.2, -0.15) is 0 Å². The van der Waals surface area contributed by atoms with Gasteiger partial charge < -0.3 is 76.4 Å². The van der Waals surface area contributed by atoms with Crippen LogP contribution in [0.4, 0.5) is 0 Å². The Balaban J connectivity index is -0.00000121. The predicted molar refractivity (Wildman–Crippen MR) is 401 cm³/mol. The Kier molecular flexibility index (Phi) is 40.1. The van der Waals surface area contributed by atoms with Crippen LogP contribution in [0.25, 0.3) is 33.6 Å². The van der Waals surface area contributed by atoms with Gasteiger partial charge in [-0.05, 0) is 185 Å². The van der Waals surface area contributed by atoms with E-state index in [4.69, 9.17) is 0 Å². The van der Waals surface area contributed by atoms with Gasteiger partial charge >= 0.3 is 43.4 Å². The van der Waals surface area contributed by atoms with Crippen molar-refractivity contribution in [3.63, 3.8) is 0 Å². The first kappa shape index (κ1) is 91.6. The summed E-state index contributed by atoms with van der Waals surface area (Å²) in [5, 5.41) is 42.8. The van der Waals surface area contributed by atoms with Crippen LogP contribution in [0.3, 0.4) is 0 Å². The van der Waals surface area contributed by atoms with E-state index in [-0.39, 0.29) is 91.8 Å². The molecule has 505 valence electrons. The van der Waals surface area contributed by atoms with Crippen molar-refractivity contribution in [3.05, 3.63) is 260 Å². The van der Waals surface area contributed by atoms with Crippen LogP contribution < -0.4 is 11.2 Å². The second-order valence-corrected chi connectivity index (χ2v) is 27.2. The number of imidazole rings is 2. The van der Waals surface area contributed by atoms with Crippen molar-refractivity contribution in [2.75, 3.05) is 0 Å². The van der Waals surface area contributed by atoms with E-state index in [2.05, 4.69) is 239 Å². The fourth-order valence-electron chi connectivity index (χ4n) is 11.6. The van der Waals surface area contributed by atoms with Crippen LogP contribution in [0.2, 0.25) is 0 Å². The van der Waals surface area contributed by atoms with E-state index in [1.807, 2.05) is 79.5 Å². The van der Waals surface area contributed by atoms with Crippen molar-refractivity contribution in [1.82, 2.24) is 18.3 Å². The first-order chi connectivity index (χ1) is 40.4. The van der Waals surface area contributed by atoms with Crippen LogP contribution in [0, 0.1) is 37.1 Å². The topological polar surface area (TPSA) is 105 Å². The zero-order chi connectivity index (χ0) is 64.3. The Morgan fingerprint density at radius 1 is 0.237 bits per heavy atom. The van der Waals surface area contributed by atoms with Gasteiger partial charge in [-0.25, -0.2) is 0 Å². The predicted octanol–water partition coefficient (Wildman–Crippen LogP) is 24.0. The van der Waals surface area contributed by atoms with Crippen molar-refractivity contribution >= 4 is 0 Å². The summed E-state index contributed by atoms with van der Waals surface area (Å²) >= 11 is 0. The molecule has 8 aromatic rings. The summed E-state index contributed by atoms with van der Waals surface area (Å²) in [5.74, 6) is 5.42. The van der Waals surface area contributed by atoms with E-state index in [0.717, 1.165) is 45.0 Å². The zero-order valence-corrected chi connectivity index (χ0v) is 66.3. The molecule has 0 spiro atoms. The molecule has 0 unspecified atom stereocenters. The fraction of sp³-hybridized carbons (Fsp3) is 0.434. The maximum Gasteiger partial charge on any atom is 4.00 e. The third kappa shape index (κ3) is 21.7. The van der Waals surface area contributed by atoms with Crippen molar-refractivity contribution < 1.29 is 53.6 Å². The average molecular weight is 1330 g/mol. The SMILES string of the molecule is CC(C)c1cccc(C(C)C)c1-n1ccn(-c2c(C(C)C)cccc2C(C)C)c1=[N-].CC(C)c1cccc(C(C)C)c1-n1ccn(-c2c(C(C)C)cccc2C(C)C)c1=[N-].CC(C)c1cccc(C(C)C)c1O.CC(C)c1cccc(C(C)C)c1O.[CH3-].[CH3-].[CH3-].[CH3-].[CH3-].[Ti+3].[Ti+4]. The molecule has 8 nitrogen and oxygen atoms in total. The summed E-state index contributed by atoms with van der Waals surface area (Å²) in [7, 11) is 0. The molecule has 0 fully saturated rings. The first-order valence-corrected chi connectivity index (χ1v) is 32.2. The van der Waals surface area contributed by atoms with E-state index in [1.165, 1.54) is 44.5 Å². The molecule has 2 aromatic heterocycles. The van der Waals surface area contributed by atoms with Gasteiger partial charge in [0.2, 0.25) is 0 Å². The standard InChI is InChI=1S/2C27H36N3.2C12H18O.5CH3.2Ti/c2*1-17(2)21-11-9-12-22(18(3)4)25(21)29-15-16-30(27(29)28)26-23(19(5)6)13-10-14-24(26)20(7)8;2*1-8(2)10-6-5-7-11(9(3)4)12(10)13;;;;;;;/h2*9-20H,1-8H3;2*5-9,13H,1-4H3;5*1H3;;/q2*-1;;;5*-1;+3;+4. The minimum absolute atomic E-state index is 0. The number of phenolic OH excluding ortho intramolecular Hbond substituents is 2. The minimum atomic E-state index is 0. The molecule has 6 aromatic carbocycles. The van der Waals surface area contributed by atoms with Crippen molar-refractivity contribution in [1.29, 1.82) is 0 Å². The van der Waals surface area contributed by atoms with E-state index in [0.29, 0.717) is 82.5 Å². The van der Waals surface area contributed by atoms with Crippen molar-refractivity contribution in [2.24, 2.45) is 0 Å². The summed E-state index contributed by atoms with van der Waals surface area (Å²) in [6, 6.07) is 38.0. The molecule has 1 radical (unpaired) electrons. The van der Waals surface area contributed by atoms with E-state index in [9.17, 15) is 21.0 Å². The van der Waals surface area contributed by atoms with E-state index in [1.54, 1.807) is 0 Å². The number of hydrogen-bond acceptors (Lipinski definition) is 2. The summed E-state index contributed by atoms with van der Waals surface area (Å²) in [6.45, 7) is 52.1.